The number of benzene rings is 1. The predicted octanol–water partition coefficient (Wildman–Crippen LogP) is 4.93. The molecule has 2 aliphatic rings. The van der Waals surface area contributed by atoms with E-state index >= 15 is 0 Å². The smallest absolute Gasteiger partial charge is 0.163 e. The first-order chi connectivity index (χ1) is 10.3. The fourth-order valence-electron chi connectivity index (χ4n) is 5.42. The molecule has 2 nitrogen and oxygen atoms in total. The average molecular weight is 300 g/mol. The minimum atomic E-state index is 0.130. The fraction of sp³-hybridized carbons (Fsp3) is 0.650. The van der Waals surface area contributed by atoms with E-state index in [9.17, 15) is 4.79 Å². The Balaban J connectivity index is 2.19. The van der Waals surface area contributed by atoms with Crippen LogP contribution < -0.4 is 4.74 Å². The maximum atomic E-state index is 12.2. The summed E-state index contributed by atoms with van der Waals surface area (Å²) in [5, 5.41) is 0. The Bertz CT molecular complexity index is 614. The molecule has 2 heteroatoms. The topological polar surface area (TPSA) is 26.3 Å². The molecule has 0 aromatic heterocycles. The van der Waals surface area contributed by atoms with Gasteiger partial charge in [0.2, 0.25) is 0 Å². The number of hydrogen-bond donors (Lipinski definition) is 0. The number of hydrogen-bond acceptors (Lipinski definition) is 2. The van der Waals surface area contributed by atoms with Crippen LogP contribution in [0.15, 0.2) is 12.1 Å². The molecule has 3 rings (SSSR count). The first kappa shape index (κ1) is 15.6. The van der Waals surface area contributed by atoms with Crippen LogP contribution in [0.2, 0.25) is 0 Å². The molecular weight excluding hydrogens is 272 g/mol. The van der Waals surface area contributed by atoms with E-state index in [4.69, 9.17) is 4.74 Å². The average Bonchev–Trinajstić information content (AvgIpc) is 2.44. The van der Waals surface area contributed by atoms with Gasteiger partial charge in [0, 0.05) is 0 Å². The Morgan fingerprint density at radius 3 is 2.59 bits per heavy atom. The van der Waals surface area contributed by atoms with Crippen LogP contribution in [0.4, 0.5) is 0 Å². The first-order valence-corrected chi connectivity index (χ1v) is 8.52. The van der Waals surface area contributed by atoms with Crippen LogP contribution in [0, 0.1) is 11.3 Å². The molecule has 0 N–H and O–H groups in total. The highest BCUT2D eigenvalue weighted by Gasteiger charge is 2.50. The number of rotatable bonds is 2. The summed E-state index contributed by atoms with van der Waals surface area (Å²) in [6.45, 7) is 8.94. The van der Waals surface area contributed by atoms with Crippen molar-refractivity contribution in [2.75, 3.05) is 7.11 Å². The third kappa shape index (κ3) is 2.11. The van der Waals surface area contributed by atoms with Crippen molar-refractivity contribution in [1.82, 2.24) is 0 Å². The van der Waals surface area contributed by atoms with Crippen molar-refractivity contribution in [3.8, 4) is 5.75 Å². The zero-order chi connectivity index (χ0) is 16.1. The monoisotopic (exact) mass is 300 g/mol. The maximum absolute atomic E-state index is 12.2. The molecule has 22 heavy (non-hydrogen) atoms. The summed E-state index contributed by atoms with van der Waals surface area (Å²) in [4.78, 5) is 12.2. The molecule has 1 aromatic rings. The molecule has 1 fully saturated rings. The van der Waals surface area contributed by atoms with Crippen LogP contribution in [-0.4, -0.2) is 12.9 Å². The number of fused-ring (bicyclic) bond motifs is 3. The van der Waals surface area contributed by atoms with E-state index in [0.717, 1.165) is 17.7 Å². The van der Waals surface area contributed by atoms with Gasteiger partial charge in [-0.05, 0) is 66.5 Å². The number of carbonyl (C=O) groups excluding carboxylic acids is 1. The SMILES string of the molecule is COc1ccc2c(c1C(C)=O)CC[C@H]1C(C)(C)CCC[C@]21C. The quantitative estimate of drug-likeness (QED) is 0.724. The second kappa shape index (κ2) is 5.11. The number of ether oxygens (including phenoxy) is 1. The van der Waals surface area contributed by atoms with Crippen molar-refractivity contribution >= 4 is 5.78 Å². The number of carbonyl (C=O) groups is 1. The van der Waals surface area contributed by atoms with E-state index in [0.29, 0.717) is 11.3 Å². The lowest BCUT2D eigenvalue weighted by molar-refractivity contribution is 0.0405. The lowest BCUT2D eigenvalue weighted by Gasteiger charge is -2.54. The molecule has 2 aliphatic carbocycles. The molecule has 2 atom stereocenters. The van der Waals surface area contributed by atoms with Crippen molar-refractivity contribution in [1.29, 1.82) is 0 Å². The molecule has 0 bridgehead atoms. The minimum absolute atomic E-state index is 0.130. The maximum Gasteiger partial charge on any atom is 0.163 e. The third-order valence-corrected chi connectivity index (χ3v) is 6.37. The van der Waals surface area contributed by atoms with E-state index in [2.05, 4.69) is 26.8 Å². The van der Waals surface area contributed by atoms with Crippen LogP contribution in [0.5, 0.6) is 5.75 Å². The van der Waals surface area contributed by atoms with Gasteiger partial charge < -0.3 is 4.74 Å². The molecule has 0 aliphatic heterocycles. The Labute approximate surface area is 134 Å². The molecule has 0 saturated heterocycles. The summed E-state index contributed by atoms with van der Waals surface area (Å²) >= 11 is 0. The van der Waals surface area contributed by atoms with Gasteiger partial charge in [-0.1, -0.05) is 33.3 Å². The van der Waals surface area contributed by atoms with E-state index in [1.807, 2.05) is 6.07 Å². The van der Waals surface area contributed by atoms with E-state index < -0.39 is 0 Å². The normalized spacial score (nSPS) is 29.4. The molecule has 1 saturated carbocycles. The summed E-state index contributed by atoms with van der Waals surface area (Å²) in [7, 11) is 1.66. The van der Waals surface area contributed by atoms with E-state index in [1.165, 1.54) is 36.8 Å². The minimum Gasteiger partial charge on any atom is -0.496 e. The van der Waals surface area contributed by atoms with Gasteiger partial charge in [0.05, 0.1) is 12.7 Å². The van der Waals surface area contributed by atoms with Crippen LogP contribution >= 0.6 is 0 Å². The highest BCUT2D eigenvalue weighted by atomic mass is 16.5. The van der Waals surface area contributed by atoms with E-state index in [-0.39, 0.29) is 11.2 Å². The van der Waals surface area contributed by atoms with Gasteiger partial charge in [-0.2, -0.15) is 0 Å². The van der Waals surface area contributed by atoms with Gasteiger partial charge in [-0.3, -0.25) is 4.79 Å². The molecule has 0 unspecified atom stereocenters. The zero-order valence-electron chi connectivity index (χ0n) is 14.6. The summed E-state index contributed by atoms with van der Waals surface area (Å²) < 4.78 is 5.46. The number of methoxy groups -OCH3 is 1. The Morgan fingerprint density at radius 1 is 1.23 bits per heavy atom. The predicted molar refractivity (Wildman–Crippen MR) is 89.8 cm³/mol. The van der Waals surface area contributed by atoms with Gasteiger partial charge in [0.15, 0.2) is 5.78 Å². The molecular formula is C20H28O2. The van der Waals surface area contributed by atoms with Gasteiger partial charge in [0.25, 0.3) is 0 Å². The summed E-state index contributed by atoms with van der Waals surface area (Å²) in [5.74, 6) is 1.57. The van der Waals surface area contributed by atoms with Gasteiger partial charge in [-0.25, -0.2) is 0 Å². The second-order valence-corrected chi connectivity index (χ2v) is 8.08. The van der Waals surface area contributed by atoms with Crippen molar-refractivity contribution in [3.05, 3.63) is 28.8 Å². The fourth-order valence-corrected chi connectivity index (χ4v) is 5.42. The van der Waals surface area contributed by atoms with Crippen molar-refractivity contribution in [2.24, 2.45) is 11.3 Å². The van der Waals surface area contributed by atoms with Crippen LogP contribution in [0.25, 0.3) is 0 Å². The number of Topliss-reactive ketones (excluding diaryl/α,β-unsaturated/α-hetero) is 1. The number of ketones is 1. The molecule has 1 aromatic carbocycles. The van der Waals surface area contributed by atoms with Crippen molar-refractivity contribution in [2.45, 2.75) is 65.2 Å². The summed E-state index contributed by atoms with van der Waals surface area (Å²) in [6, 6.07) is 4.24. The van der Waals surface area contributed by atoms with Crippen LogP contribution in [0.3, 0.4) is 0 Å². The van der Waals surface area contributed by atoms with Gasteiger partial charge >= 0.3 is 0 Å². The van der Waals surface area contributed by atoms with Gasteiger partial charge in [0.1, 0.15) is 5.75 Å². The lowest BCUT2D eigenvalue weighted by atomic mass is 9.50. The first-order valence-electron chi connectivity index (χ1n) is 8.52. The van der Waals surface area contributed by atoms with Crippen molar-refractivity contribution < 1.29 is 9.53 Å². The Hall–Kier alpha value is -1.31. The summed E-state index contributed by atoms with van der Waals surface area (Å²) in [5.41, 5.74) is 4.07. The molecule has 0 radical (unpaired) electrons. The van der Waals surface area contributed by atoms with Crippen molar-refractivity contribution in [3.63, 3.8) is 0 Å². The van der Waals surface area contributed by atoms with Gasteiger partial charge in [-0.15, -0.1) is 0 Å². The zero-order valence-corrected chi connectivity index (χ0v) is 14.6. The molecule has 0 amide bonds. The Kier molecular flexibility index (Phi) is 3.62. The molecule has 0 spiro atoms. The second-order valence-electron chi connectivity index (χ2n) is 8.08. The largest absolute Gasteiger partial charge is 0.496 e. The van der Waals surface area contributed by atoms with E-state index in [1.54, 1.807) is 14.0 Å². The highest BCUT2D eigenvalue weighted by Crippen LogP contribution is 2.57. The molecule has 0 heterocycles. The van der Waals surface area contributed by atoms with Crippen LogP contribution in [0.1, 0.15) is 74.9 Å². The third-order valence-electron chi connectivity index (χ3n) is 6.37. The standard InChI is InChI=1S/C20H28O2/c1-13(21)18-14-7-10-17-19(2,3)11-6-12-20(17,4)15(14)8-9-16(18)22-5/h8-9,17H,6-7,10-12H2,1-5H3/t17-,20+/m0/s1. The lowest BCUT2D eigenvalue weighted by Crippen LogP contribution is -2.48. The summed E-state index contributed by atoms with van der Waals surface area (Å²) in [6.07, 6.45) is 6.02. The molecule has 120 valence electrons. The highest BCUT2D eigenvalue weighted by molar-refractivity contribution is 5.99. The van der Waals surface area contributed by atoms with Crippen LogP contribution in [-0.2, 0) is 11.8 Å². The Morgan fingerprint density at radius 2 is 1.95 bits per heavy atom.